The minimum atomic E-state index is -4.45. The Morgan fingerprint density at radius 2 is 1.66 bits per heavy atom. The molecule has 0 aliphatic heterocycles. The van der Waals surface area contributed by atoms with Gasteiger partial charge in [-0.15, -0.1) is 0 Å². The van der Waals surface area contributed by atoms with Crippen LogP contribution in [0.3, 0.4) is 0 Å². The van der Waals surface area contributed by atoms with Gasteiger partial charge in [-0.2, -0.15) is 0 Å². The van der Waals surface area contributed by atoms with Crippen molar-refractivity contribution < 1.29 is 36.3 Å². The molecule has 2 heterocycles. The van der Waals surface area contributed by atoms with Crippen molar-refractivity contribution in [1.82, 2.24) is 19.4 Å². The highest BCUT2D eigenvalue weighted by Crippen LogP contribution is 2.36. The van der Waals surface area contributed by atoms with Gasteiger partial charge in [0.1, 0.15) is 29.6 Å². The van der Waals surface area contributed by atoms with Crippen molar-refractivity contribution >= 4 is 39.2 Å². The average Bonchev–Trinajstić information content (AvgIpc) is 3.19. The van der Waals surface area contributed by atoms with Crippen LogP contribution in [-0.4, -0.2) is 52.5 Å². The third-order valence-corrected chi connectivity index (χ3v) is 12.7. The highest BCUT2D eigenvalue weighted by molar-refractivity contribution is 7.92. The first-order valence-electron chi connectivity index (χ1n) is 20.2. The third kappa shape index (κ3) is 10.8. The molecule has 1 fully saturated rings. The second-order valence-corrected chi connectivity index (χ2v) is 18.9. The van der Waals surface area contributed by atoms with Gasteiger partial charge in [-0.25, -0.2) is 36.3 Å². The van der Waals surface area contributed by atoms with Crippen LogP contribution in [0.5, 0.6) is 0 Å². The molecule has 1 aliphatic carbocycles. The van der Waals surface area contributed by atoms with Crippen LogP contribution in [-0.2, 0) is 37.8 Å². The van der Waals surface area contributed by atoms with Gasteiger partial charge in [-0.05, 0) is 99.2 Å². The van der Waals surface area contributed by atoms with Crippen molar-refractivity contribution in [3.05, 3.63) is 110 Å². The Balaban J connectivity index is 1.36. The number of benzene rings is 2. The molecule has 4 atom stereocenters. The number of esters is 1. The van der Waals surface area contributed by atoms with Crippen molar-refractivity contribution in [2.24, 2.45) is 30.2 Å². The summed E-state index contributed by atoms with van der Waals surface area (Å²) in [5.41, 5.74) is -1.51. The molecule has 1 saturated carbocycles. The molecule has 0 bridgehead atoms. The fraction of sp³-hybridized carbons (Fsp3) is 0.455. The van der Waals surface area contributed by atoms with Crippen LogP contribution < -0.4 is 26.6 Å². The van der Waals surface area contributed by atoms with Gasteiger partial charge in [0, 0.05) is 41.7 Å². The molecule has 14 nitrogen and oxygen atoms in total. The number of pyridine rings is 1. The molecule has 61 heavy (non-hydrogen) atoms. The SMILES string of the molecule is Cc1c(C)n(C)c(=O)n(-c2ccc(CC[C@H](NC(=O)c3cc(F)c(NS(=O)(=O)c4ccc(NC(=O)C(C)(C)C)cc4)cc3F)C(=O)O[C@@H]3C[C@H](C)CC[C@H]3C(C)C)cn2)c1=O. The van der Waals surface area contributed by atoms with Crippen LogP contribution in [0.25, 0.3) is 5.82 Å². The Labute approximate surface area is 354 Å². The molecule has 0 radical (unpaired) electrons. The Hall–Kier alpha value is -5.71. The van der Waals surface area contributed by atoms with Crippen LogP contribution in [0.2, 0.25) is 0 Å². The number of anilines is 2. The maximum absolute atomic E-state index is 15.6. The van der Waals surface area contributed by atoms with E-state index in [1.54, 1.807) is 47.7 Å². The standard InChI is InChI=1S/C44H54F2N6O8S/c1-24(2)31-17-10-25(3)20-37(31)60-41(55)35(18-11-28-12-19-38(47-23-28)52-40(54)26(4)27(5)51(9)43(52)57)49-39(53)32-21-34(46)36(22-33(32)45)50-61(58,59)30-15-13-29(14-16-30)48-42(56)44(6,7)8/h12-16,19,21-25,31,35,37,50H,10-11,17-18,20H2,1-9H3,(H,48,56)(H,49,53)/t25-,31+,35+,37-/m1/s1. The van der Waals surface area contributed by atoms with Crippen LogP contribution in [0.1, 0.15) is 94.4 Å². The van der Waals surface area contributed by atoms with E-state index in [1.807, 2.05) is 18.6 Å². The number of nitrogens with one attached hydrogen (secondary N) is 3. The number of carbonyl (C=O) groups is 3. The first-order valence-corrected chi connectivity index (χ1v) is 21.7. The van der Waals surface area contributed by atoms with E-state index in [4.69, 9.17) is 4.74 Å². The van der Waals surface area contributed by atoms with Crippen molar-refractivity contribution in [2.45, 2.75) is 105 Å². The maximum Gasteiger partial charge on any atom is 0.336 e. The summed E-state index contributed by atoms with van der Waals surface area (Å²) in [7, 11) is -2.90. The molecule has 2 aromatic heterocycles. The number of halogens is 2. The van der Waals surface area contributed by atoms with E-state index in [1.165, 1.54) is 41.1 Å². The van der Waals surface area contributed by atoms with E-state index in [9.17, 15) is 32.4 Å². The molecule has 0 spiro atoms. The number of hydrogen-bond acceptors (Lipinski definition) is 9. The Morgan fingerprint density at radius 1 is 0.984 bits per heavy atom. The summed E-state index contributed by atoms with van der Waals surface area (Å²) in [5.74, 6) is -4.06. The third-order valence-electron chi connectivity index (χ3n) is 11.3. The number of ether oxygens (including phenoxy) is 1. The van der Waals surface area contributed by atoms with Crippen molar-refractivity contribution in [1.29, 1.82) is 0 Å². The molecule has 1 aliphatic rings. The van der Waals surface area contributed by atoms with Gasteiger partial charge in [-0.1, -0.05) is 54.0 Å². The average molecular weight is 865 g/mol. The highest BCUT2D eigenvalue weighted by atomic mass is 32.2. The zero-order valence-corrected chi connectivity index (χ0v) is 36.7. The highest BCUT2D eigenvalue weighted by Gasteiger charge is 2.36. The topological polar surface area (TPSA) is 188 Å². The quantitative estimate of drug-likeness (QED) is 0.129. The minimum Gasteiger partial charge on any atom is -0.461 e. The molecular weight excluding hydrogens is 811 g/mol. The van der Waals surface area contributed by atoms with E-state index in [0.29, 0.717) is 47.0 Å². The molecule has 4 aromatic rings. The van der Waals surface area contributed by atoms with E-state index >= 15 is 8.78 Å². The normalized spacial score (nSPS) is 17.4. The Morgan fingerprint density at radius 3 is 2.26 bits per heavy atom. The molecule has 0 saturated heterocycles. The number of nitrogens with zero attached hydrogens (tertiary/aromatic N) is 3. The molecule has 17 heteroatoms. The molecular formula is C44H54F2N6O8S. The van der Waals surface area contributed by atoms with Gasteiger partial charge >= 0.3 is 11.7 Å². The lowest BCUT2D eigenvalue weighted by Crippen LogP contribution is -2.45. The summed E-state index contributed by atoms with van der Waals surface area (Å²) in [6.07, 6.45) is 3.53. The number of aromatic nitrogens is 3. The Bertz CT molecular complexity index is 2490. The van der Waals surface area contributed by atoms with Gasteiger partial charge < -0.3 is 19.9 Å². The molecule has 3 N–H and O–H groups in total. The molecule has 5 rings (SSSR count). The summed E-state index contributed by atoms with van der Waals surface area (Å²) in [5, 5.41) is 5.18. The number of sulfonamides is 1. The van der Waals surface area contributed by atoms with Gasteiger partial charge in [0.2, 0.25) is 5.91 Å². The summed E-state index contributed by atoms with van der Waals surface area (Å²) in [6, 6.07) is 7.93. The van der Waals surface area contributed by atoms with Crippen LogP contribution >= 0.6 is 0 Å². The first kappa shape index (κ1) is 46.4. The van der Waals surface area contributed by atoms with E-state index in [0.717, 1.165) is 17.4 Å². The molecule has 2 amide bonds. The van der Waals surface area contributed by atoms with Crippen LogP contribution in [0.4, 0.5) is 20.2 Å². The van der Waals surface area contributed by atoms with Gasteiger partial charge in [0.25, 0.3) is 21.5 Å². The lowest BCUT2D eigenvalue weighted by atomic mass is 9.75. The second-order valence-electron chi connectivity index (χ2n) is 17.2. The summed E-state index contributed by atoms with van der Waals surface area (Å²) in [6.45, 7) is 14.6. The molecule has 328 valence electrons. The zero-order valence-electron chi connectivity index (χ0n) is 35.9. The smallest absolute Gasteiger partial charge is 0.336 e. The monoisotopic (exact) mass is 864 g/mol. The van der Waals surface area contributed by atoms with E-state index < -0.39 is 73.6 Å². The first-order chi connectivity index (χ1) is 28.5. The van der Waals surface area contributed by atoms with Gasteiger partial charge in [0.05, 0.1) is 16.1 Å². The number of aryl methyl sites for hydroxylation is 1. The summed E-state index contributed by atoms with van der Waals surface area (Å²) < 4.78 is 67.8. The summed E-state index contributed by atoms with van der Waals surface area (Å²) >= 11 is 0. The fourth-order valence-electron chi connectivity index (χ4n) is 7.17. The van der Waals surface area contributed by atoms with Gasteiger partial charge in [0.15, 0.2) is 0 Å². The molecule has 0 unspecified atom stereocenters. The second kappa shape index (κ2) is 18.5. The number of rotatable bonds is 13. The van der Waals surface area contributed by atoms with E-state index in [-0.39, 0.29) is 41.3 Å². The van der Waals surface area contributed by atoms with E-state index in [2.05, 4.69) is 22.5 Å². The van der Waals surface area contributed by atoms with Crippen molar-refractivity contribution in [2.75, 3.05) is 10.0 Å². The predicted octanol–water partition coefficient (Wildman–Crippen LogP) is 6.35. The molecule has 2 aromatic carbocycles. The lowest BCUT2D eigenvalue weighted by Gasteiger charge is -2.37. The van der Waals surface area contributed by atoms with Crippen molar-refractivity contribution in [3.8, 4) is 5.82 Å². The fourth-order valence-corrected chi connectivity index (χ4v) is 8.23. The van der Waals surface area contributed by atoms with Gasteiger partial charge in [-0.3, -0.25) is 19.1 Å². The maximum atomic E-state index is 15.6. The number of amides is 2. The Kier molecular flexibility index (Phi) is 14.1. The lowest BCUT2D eigenvalue weighted by molar-refractivity contribution is -0.158. The number of hydrogen-bond donors (Lipinski definition) is 3. The zero-order chi connectivity index (χ0) is 45.1. The number of carbonyl (C=O) groups excluding carboxylic acids is 3. The largest absolute Gasteiger partial charge is 0.461 e. The summed E-state index contributed by atoms with van der Waals surface area (Å²) in [4.78, 5) is 69.8. The predicted molar refractivity (Wildman–Crippen MR) is 227 cm³/mol. The van der Waals surface area contributed by atoms with Crippen molar-refractivity contribution in [3.63, 3.8) is 0 Å². The van der Waals surface area contributed by atoms with Crippen LogP contribution in [0.15, 0.2) is 69.2 Å². The minimum absolute atomic E-state index is 0.0494. The van der Waals surface area contributed by atoms with Crippen LogP contribution in [0, 0.1) is 48.7 Å².